The van der Waals surface area contributed by atoms with Crippen molar-refractivity contribution in [1.29, 1.82) is 0 Å². The summed E-state index contributed by atoms with van der Waals surface area (Å²) in [6.07, 6.45) is 9.95. The lowest BCUT2D eigenvalue weighted by atomic mass is 9.66. The number of esters is 1. The van der Waals surface area contributed by atoms with E-state index in [2.05, 4.69) is 20.1 Å². The van der Waals surface area contributed by atoms with Crippen molar-refractivity contribution in [3.8, 4) is 0 Å². The van der Waals surface area contributed by atoms with Crippen LogP contribution in [0.25, 0.3) is 0 Å². The van der Waals surface area contributed by atoms with E-state index in [1.165, 1.54) is 6.08 Å². The lowest BCUT2D eigenvalue weighted by molar-refractivity contribution is -0.154. The minimum Gasteiger partial charge on any atom is -0.461 e. The van der Waals surface area contributed by atoms with Crippen LogP contribution in [0.4, 0.5) is 0 Å². The van der Waals surface area contributed by atoms with E-state index >= 15 is 0 Å². The molecule has 0 aromatic heterocycles. The van der Waals surface area contributed by atoms with Crippen molar-refractivity contribution < 1.29 is 24.2 Å². The Labute approximate surface area is 214 Å². The number of hydrogen-bond acceptors (Lipinski definition) is 6. The van der Waals surface area contributed by atoms with E-state index < -0.39 is 27.4 Å². The second kappa shape index (κ2) is 12.0. The van der Waals surface area contributed by atoms with Gasteiger partial charge < -0.3 is 19.6 Å². The number of aliphatic hydroxyl groups is 1. The van der Waals surface area contributed by atoms with E-state index in [4.69, 9.17) is 4.74 Å². The molecule has 3 aliphatic heterocycles. The Balaban J connectivity index is 1.96. The first-order valence-corrected chi connectivity index (χ1v) is 13.9. The molecule has 0 aromatic rings. The summed E-state index contributed by atoms with van der Waals surface area (Å²) in [5.74, 6) is -1.62. The lowest BCUT2D eigenvalue weighted by Crippen LogP contribution is -2.55. The van der Waals surface area contributed by atoms with Gasteiger partial charge in [-0.3, -0.25) is 14.4 Å². The van der Waals surface area contributed by atoms with Gasteiger partial charge in [0.15, 0.2) is 0 Å². The molecule has 1 N–H and O–H groups in total. The van der Waals surface area contributed by atoms with Crippen LogP contribution in [0.3, 0.4) is 0 Å². The molecule has 7 nitrogen and oxygen atoms in total. The van der Waals surface area contributed by atoms with Gasteiger partial charge in [0.2, 0.25) is 11.8 Å². The SMILES string of the molecule is C=CCOC(=O)[C@@H]1[C@H]2C(=O)N(CCCCCO)C(C(=O)N(CC=C)CCCCC)C23CC[C@@]1(C)S3. The summed E-state index contributed by atoms with van der Waals surface area (Å²) in [4.78, 5) is 44.9. The van der Waals surface area contributed by atoms with Crippen LogP contribution in [0.1, 0.15) is 65.2 Å². The van der Waals surface area contributed by atoms with Gasteiger partial charge in [0.05, 0.1) is 16.6 Å². The van der Waals surface area contributed by atoms with Crippen LogP contribution in [-0.2, 0) is 19.1 Å². The Hall–Kier alpha value is -1.80. The normalized spacial score (nSPS) is 30.9. The molecule has 0 radical (unpaired) electrons. The van der Waals surface area contributed by atoms with Crippen molar-refractivity contribution in [2.75, 3.05) is 32.8 Å². The summed E-state index contributed by atoms with van der Waals surface area (Å²) >= 11 is 1.67. The molecule has 2 unspecified atom stereocenters. The minimum absolute atomic E-state index is 0.0316. The van der Waals surface area contributed by atoms with E-state index in [9.17, 15) is 19.5 Å². The monoisotopic (exact) mass is 506 g/mol. The number of carbonyl (C=O) groups excluding carboxylic acids is 3. The summed E-state index contributed by atoms with van der Waals surface area (Å²) in [6, 6.07) is -0.597. The van der Waals surface area contributed by atoms with Crippen molar-refractivity contribution in [2.45, 2.75) is 80.7 Å². The lowest BCUT2D eigenvalue weighted by Gasteiger charge is -2.37. The zero-order valence-corrected chi connectivity index (χ0v) is 22.2. The Kier molecular flexibility index (Phi) is 9.49. The van der Waals surface area contributed by atoms with Crippen LogP contribution in [-0.4, -0.2) is 81.1 Å². The van der Waals surface area contributed by atoms with Gasteiger partial charge in [-0.05, 0) is 45.4 Å². The predicted octanol–water partition coefficient (Wildman–Crippen LogP) is 3.56. The first-order chi connectivity index (χ1) is 16.8. The largest absolute Gasteiger partial charge is 0.461 e. The molecule has 3 aliphatic rings. The summed E-state index contributed by atoms with van der Waals surface area (Å²) in [7, 11) is 0. The number of ether oxygens (including phenoxy) is 1. The molecule has 3 heterocycles. The molecule has 0 aromatic carbocycles. The fourth-order valence-corrected chi connectivity index (χ4v) is 8.62. The maximum Gasteiger partial charge on any atom is 0.311 e. The maximum atomic E-state index is 14.2. The van der Waals surface area contributed by atoms with Gasteiger partial charge in [0.25, 0.3) is 0 Å². The Bertz CT molecular complexity index is 819. The van der Waals surface area contributed by atoms with Gasteiger partial charge in [-0.2, -0.15) is 0 Å². The van der Waals surface area contributed by atoms with Gasteiger partial charge in [0, 0.05) is 31.0 Å². The molecule has 2 amide bonds. The van der Waals surface area contributed by atoms with Crippen molar-refractivity contribution in [2.24, 2.45) is 11.8 Å². The van der Waals surface area contributed by atoms with Gasteiger partial charge in [-0.1, -0.05) is 38.5 Å². The van der Waals surface area contributed by atoms with Crippen molar-refractivity contribution in [1.82, 2.24) is 9.80 Å². The van der Waals surface area contributed by atoms with Crippen molar-refractivity contribution in [3.63, 3.8) is 0 Å². The molecular weight excluding hydrogens is 464 g/mol. The fourth-order valence-electron chi connectivity index (χ4n) is 6.28. The number of nitrogens with zero attached hydrogens (tertiary/aromatic N) is 2. The molecule has 2 bridgehead atoms. The number of carbonyl (C=O) groups is 3. The van der Waals surface area contributed by atoms with Gasteiger partial charge >= 0.3 is 5.97 Å². The van der Waals surface area contributed by atoms with Crippen LogP contribution in [0.5, 0.6) is 0 Å². The van der Waals surface area contributed by atoms with Crippen LogP contribution < -0.4 is 0 Å². The number of unbranched alkanes of at least 4 members (excludes halogenated alkanes) is 4. The highest BCUT2D eigenvalue weighted by Gasteiger charge is 2.77. The second-order valence-electron chi connectivity index (χ2n) is 10.2. The third-order valence-corrected chi connectivity index (χ3v) is 9.84. The quantitative estimate of drug-likeness (QED) is 0.208. The zero-order valence-electron chi connectivity index (χ0n) is 21.4. The Morgan fingerprint density at radius 2 is 1.97 bits per heavy atom. The number of rotatable bonds is 15. The highest BCUT2D eigenvalue weighted by atomic mass is 32.2. The number of hydrogen-bond donors (Lipinski definition) is 1. The molecule has 35 heavy (non-hydrogen) atoms. The van der Waals surface area contributed by atoms with E-state index in [0.717, 1.165) is 38.5 Å². The third-order valence-electron chi connectivity index (χ3n) is 7.86. The van der Waals surface area contributed by atoms with E-state index in [-0.39, 0.29) is 31.0 Å². The second-order valence-corrected chi connectivity index (χ2v) is 12.1. The zero-order chi connectivity index (χ0) is 25.6. The molecule has 0 aliphatic carbocycles. The van der Waals surface area contributed by atoms with Crippen LogP contribution >= 0.6 is 11.8 Å². The molecule has 1 spiro atoms. The fraction of sp³-hybridized carbons (Fsp3) is 0.741. The average Bonchev–Trinajstić information content (AvgIpc) is 3.40. The smallest absolute Gasteiger partial charge is 0.311 e. The summed E-state index contributed by atoms with van der Waals surface area (Å²) in [5.41, 5.74) is 0. The van der Waals surface area contributed by atoms with Crippen molar-refractivity contribution in [3.05, 3.63) is 25.3 Å². The molecule has 0 saturated carbocycles. The molecular formula is C27H42N2O5S. The number of likely N-dealkylation sites (tertiary alicyclic amines) is 1. The number of fused-ring (bicyclic) bond motifs is 1. The van der Waals surface area contributed by atoms with E-state index in [0.29, 0.717) is 32.5 Å². The molecule has 5 atom stereocenters. The van der Waals surface area contributed by atoms with Crippen molar-refractivity contribution >= 4 is 29.5 Å². The number of aliphatic hydroxyl groups excluding tert-OH is 1. The van der Waals surface area contributed by atoms with Crippen LogP contribution in [0, 0.1) is 11.8 Å². The topological polar surface area (TPSA) is 87.1 Å². The number of amides is 2. The minimum atomic E-state index is -0.623. The molecule has 3 rings (SSSR count). The van der Waals surface area contributed by atoms with Gasteiger partial charge in [-0.15, -0.1) is 18.3 Å². The summed E-state index contributed by atoms with van der Waals surface area (Å²) in [6.45, 7) is 13.4. The average molecular weight is 507 g/mol. The summed E-state index contributed by atoms with van der Waals surface area (Å²) in [5, 5.41) is 9.18. The van der Waals surface area contributed by atoms with Gasteiger partial charge in [-0.25, -0.2) is 0 Å². The van der Waals surface area contributed by atoms with E-state index in [1.807, 2.05) is 11.8 Å². The van der Waals surface area contributed by atoms with Crippen LogP contribution in [0.2, 0.25) is 0 Å². The number of thioether (sulfide) groups is 1. The Morgan fingerprint density at radius 3 is 2.63 bits per heavy atom. The summed E-state index contributed by atoms with van der Waals surface area (Å²) < 4.78 is 4.42. The highest BCUT2D eigenvalue weighted by Crippen LogP contribution is 2.71. The first kappa shape index (κ1) is 27.8. The Morgan fingerprint density at radius 1 is 1.20 bits per heavy atom. The molecule has 3 fully saturated rings. The van der Waals surface area contributed by atoms with Gasteiger partial charge in [0.1, 0.15) is 12.6 Å². The van der Waals surface area contributed by atoms with E-state index in [1.54, 1.807) is 22.7 Å². The molecule has 196 valence electrons. The molecule has 8 heteroatoms. The highest BCUT2D eigenvalue weighted by molar-refractivity contribution is 8.02. The van der Waals surface area contributed by atoms with Crippen LogP contribution in [0.15, 0.2) is 25.3 Å². The maximum absolute atomic E-state index is 14.2. The predicted molar refractivity (Wildman–Crippen MR) is 139 cm³/mol. The molecule has 3 saturated heterocycles. The third kappa shape index (κ3) is 5.19. The standard InChI is InChI=1S/C27H42N2O5S/c1-5-8-10-16-28(15-6-2)24(32)22-27-14-13-26(4,35-27)21(25(33)34-19-7-3)20(27)23(31)29(22)17-11-9-12-18-30/h6-7,20-22,30H,2-3,5,8-19H2,1,4H3/t20-,21-,22?,26+,27?/m0/s1. The first-order valence-electron chi connectivity index (χ1n) is 13.1.